The Labute approximate surface area is 216 Å². The molecule has 11 heteroatoms. The van der Waals surface area contributed by atoms with E-state index >= 15 is 0 Å². The van der Waals surface area contributed by atoms with Gasteiger partial charge in [0.2, 0.25) is 0 Å². The third-order valence-electron chi connectivity index (χ3n) is 5.46. The Morgan fingerprint density at radius 1 is 0.686 bits per heavy atom. The van der Waals surface area contributed by atoms with E-state index in [9.17, 15) is 20.2 Å². The normalized spacial score (nSPS) is 12.1. The quantitative estimate of drug-likeness (QED) is 0.179. The van der Waals surface area contributed by atoms with Crippen molar-refractivity contribution in [3.63, 3.8) is 0 Å². The van der Waals surface area contributed by atoms with E-state index in [0.29, 0.717) is 0 Å². The Hall–Kier alpha value is -3.02. The van der Waals surface area contributed by atoms with E-state index in [4.69, 9.17) is 0 Å². The van der Waals surface area contributed by atoms with E-state index in [0.717, 1.165) is 79.8 Å². The Morgan fingerprint density at radius 3 is 1.34 bits per heavy atom. The van der Waals surface area contributed by atoms with Gasteiger partial charge in [0, 0.05) is 48.1 Å². The summed E-state index contributed by atoms with van der Waals surface area (Å²) >= 11 is 3.98. The predicted molar refractivity (Wildman–Crippen MR) is 148 cm³/mol. The van der Waals surface area contributed by atoms with Crippen LogP contribution in [0.25, 0.3) is 23.5 Å². The van der Waals surface area contributed by atoms with E-state index in [1.165, 1.54) is 12.1 Å². The van der Waals surface area contributed by atoms with Crippen LogP contribution in [0.1, 0.15) is 47.2 Å². The van der Waals surface area contributed by atoms with Crippen molar-refractivity contribution in [2.24, 2.45) is 0 Å². The standard InChI is InChI=1S/C24H28N4O4S3/c1-5-25(6-2)19(15-17-9-13-23(33-17)27(29)30)21-11-12-22(35-21)20(26(7-3)8-4)16-18-10-14-24(34-18)28(31)32/h9-16H,5-8H2,1-4H3/b19-15-,20-16-. The van der Waals surface area contributed by atoms with Gasteiger partial charge >= 0.3 is 10.0 Å². The van der Waals surface area contributed by atoms with Crippen LogP contribution in [0, 0.1) is 20.2 Å². The minimum Gasteiger partial charge on any atom is -0.371 e. The van der Waals surface area contributed by atoms with Crippen LogP contribution in [0.5, 0.6) is 0 Å². The molecule has 8 nitrogen and oxygen atoms in total. The van der Waals surface area contributed by atoms with Gasteiger partial charge in [-0.2, -0.15) is 0 Å². The van der Waals surface area contributed by atoms with Crippen LogP contribution in [0.4, 0.5) is 10.0 Å². The van der Waals surface area contributed by atoms with Crippen LogP contribution in [0.15, 0.2) is 36.4 Å². The van der Waals surface area contributed by atoms with Crippen molar-refractivity contribution in [2.45, 2.75) is 27.7 Å². The fourth-order valence-corrected chi connectivity index (χ4v) is 6.30. The van der Waals surface area contributed by atoms with Crippen LogP contribution in [-0.4, -0.2) is 45.8 Å². The zero-order valence-electron chi connectivity index (χ0n) is 20.1. The molecule has 0 atom stereocenters. The lowest BCUT2D eigenvalue weighted by Crippen LogP contribution is -2.21. The number of hydrogen-bond acceptors (Lipinski definition) is 9. The van der Waals surface area contributed by atoms with E-state index in [-0.39, 0.29) is 19.8 Å². The monoisotopic (exact) mass is 532 g/mol. The van der Waals surface area contributed by atoms with Crippen molar-refractivity contribution < 1.29 is 9.85 Å². The van der Waals surface area contributed by atoms with Gasteiger partial charge in [-0.05, 0) is 64.1 Å². The summed E-state index contributed by atoms with van der Waals surface area (Å²) in [6.07, 6.45) is 4.04. The van der Waals surface area contributed by atoms with Gasteiger partial charge in [-0.25, -0.2) is 0 Å². The molecule has 0 spiro atoms. The first-order chi connectivity index (χ1) is 16.8. The van der Waals surface area contributed by atoms with Crippen molar-refractivity contribution in [1.82, 2.24) is 9.80 Å². The number of thiophene rings is 3. The first-order valence-corrected chi connectivity index (χ1v) is 13.8. The number of nitrogens with zero attached hydrogens (tertiary/aromatic N) is 4. The highest BCUT2D eigenvalue weighted by Crippen LogP contribution is 2.37. The Balaban J connectivity index is 2.06. The van der Waals surface area contributed by atoms with Crippen LogP contribution in [-0.2, 0) is 0 Å². The average Bonchev–Trinajstić information content (AvgIpc) is 3.60. The first-order valence-electron chi connectivity index (χ1n) is 11.3. The second kappa shape index (κ2) is 12.1. The Kier molecular flexibility index (Phi) is 9.19. The predicted octanol–water partition coefficient (Wildman–Crippen LogP) is 7.37. The lowest BCUT2D eigenvalue weighted by atomic mass is 10.2. The summed E-state index contributed by atoms with van der Waals surface area (Å²) < 4.78 is 0. The molecule has 0 amide bonds. The molecule has 0 saturated heterocycles. The van der Waals surface area contributed by atoms with Gasteiger partial charge in [0.15, 0.2) is 0 Å². The third-order valence-corrected chi connectivity index (χ3v) is 8.56. The van der Waals surface area contributed by atoms with Crippen molar-refractivity contribution in [3.05, 3.63) is 76.1 Å². The molecule has 35 heavy (non-hydrogen) atoms. The van der Waals surface area contributed by atoms with Gasteiger partial charge in [0.1, 0.15) is 0 Å². The zero-order valence-corrected chi connectivity index (χ0v) is 22.5. The van der Waals surface area contributed by atoms with Crippen LogP contribution in [0.2, 0.25) is 0 Å². The zero-order chi connectivity index (χ0) is 25.5. The molecule has 0 unspecified atom stereocenters. The van der Waals surface area contributed by atoms with Crippen molar-refractivity contribution in [1.29, 1.82) is 0 Å². The molecule has 0 fully saturated rings. The summed E-state index contributed by atoms with van der Waals surface area (Å²) in [5, 5.41) is 22.5. The molecular weight excluding hydrogens is 504 g/mol. The number of hydrogen-bond donors (Lipinski definition) is 0. The Bertz CT molecular complexity index is 1140. The van der Waals surface area contributed by atoms with E-state index in [1.807, 2.05) is 12.2 Å². The van der Waals surface area contributed by atoms with E-state index in [1.54, 1.807) is 23.5 Å². The number of rotatable bonds is 12. The van der Waals surface area contributed by atoms with Gasteiger partial charge < -0.3 is 9.80 Å². The highest BCUT2D eigenvalue weighted by molar-refractivity contribution is 7.17. The van der Waals surface area contributed by atoms with Gasteiger partial charge in [0.25, 0.3) is 0 Å². The minimum absolute atomic E-state index is 0.124. The third kappa shape index (κ3) is 6.36. The second-order valence-corrected chi connectivity index (χ2v) is 10.7. The summed E-state index contributed by atoms with van der Waals surface area (Å²) in [5.41, 5.74) is 2.04. The maximum atomic E-state index is 11.1. The summed E-state index contributed by atoms with van der Waals surface area (Å²) in [5.74, 6) is 0. The highest BCUT2D eigenvalue weighted by atomic mass is 32.1. The van der Waals surface area contributed by atoms with Crippen molar-refractivity contribution in [2.75, 3.05) is 26.2 Å². The second-order valence-electron chi connectivity index (χ2n) is 7.43. The molecule has 3 aromatic rings. The van der Waals surface area contributed by atoms with Crippen LogP contribution in [0.3, 0.4) is 0 Å². The largest absolute Gasteiger partial charge is 0.371 e. The molecule has 0 N–H and O–H groups in total. The molecule has 0 aliphatic rings. The maximum absolute atomic E-state index is 11.1. The lowest BCUT2D eigenvalue weighted by molar-refractivity contribution is -0.380. The number of nitro groups is 2. The molecule has 3 heterocycles. The molecule has 0 bridgehead atoms. The van der Waals surface area contributed by atoms with Gasteiger partial charge in [-0.3, -0.25) is 20.2 Å². The topological polar surface area (TPSA) is 92.8 Å². The molecule has 0 radical (unpaired) electrons. The van der Waals surface area contributed by atoms with Gasteiger partial charge in [-0.1, -0.05) is 22.7 Å². The van der Waals surface area contributed by atoms with E-state index in [2.05, 4.69) is 49.6 Å². The average molecular weight is 533 g/mol. The SMILES string of the molecule is CCN(CC)/C(=C\c1ccc([N+](=O)[O-])s1)c1ccc(/C(=C/c2ccc([N+](=O)[O-])s2)N(CC)CC)s1. The maximum Gasteiger partial charge on any atom is 0.324 e. The molecule has 0 aromatic carbocycles. The minimum atomic E-state index is -0.363. The fourth-order valence-electron chi connectivity index (χ4n) is 3.68. The molecule has 3 aromatic heterocycles. The van der Waals surface area contributed by atoms with Crippen molar-refractivity contribution >= 4 is 67.6 Å². The molecule has 3 rings (SSSR count). The highest BCUT2D eigenvalue weighted by Gasteiger charge is 2.18. The van der Waals surface area contributed by atoms with E-state index < -0.39 is 0 Å². The molecule has 0 saturated carbocycles. The first kappa shape index (κ1) is 26.6. The summed E-state index contributed by atoms with van der Waals surface area (Å²) in [4.78, 5) is 29.8. The van der Waals surface area contributed by atoms with Crippen molar-refractivity contribution in [3.8, 4) is 0 Å². The molecular formula is C24H28N4O4S3. The summed E-state index contributed by atoms with van der Waals surface area (Å²) in [6.45, 7) is 11.6. The lowest BCUT2D eigenvalue weighted by Gasteiger charge is -2.25. The molecule has 0 aliphatic carbocycles. The Morgan fingerprint density at radius 2 is 1.06 bits per heavy atom. The summed E-state index contributed by atoms with van der Waals surface area (Å²) in [6, 6.07) is 10.8. The molecule has 0 aliphatic heterocycles. The van der Waals surface area contributed by atoms with Gasteiger partial charge in [0.05, 0.1) is 31.0 Å². The smallest absolute Gasteiger partial charge is 0.324 e. The fraction of sp³-hybridized carbons (Fsp3) is 0.333. The van der Waals surface area contributed by atoms with Gasteiger partial charge in [-0.15, -0.1) is 11.3 Å². The van der Waals surface area contributed by atoms with Crippen LogP contribution >= 0.6 is 34.0 Å². The summed E-state index contributed by atoms with van der Waals surface area (Å²) in [7, 11) is 0. The molecule has 186 valence electrons. The van der Waals surface area contributed by atoms with Crippen LogP contribution < -0.4 is 0 Å².